The van der Waals surface area contributed by atoms with Crippen LogP contribution in [0, 0.1) is 0 Å². The van der Waals surface area contributed by atoms with Crippen LogP contribution in [0.15, 0.2) is 0 Å². The average molecular weight is 258 g/mol. The normalized spacial score (nSPS) is 11.3. The Morgan fingerprint density at radius 2 is 0.882 bits per heavy atom. The molecule has 0 atom stereocenters. The van der Waals surface area contributed by atoms with Crippen LogP contribution in [0.3, 0.4) is 0 Å². The molecule has 0 saturated heterocycles. The van der Waals surface area contributed by atoms with Gasteiger partial charge in [0.05, 0.1) is 0 Å². The molecule has 0 amide bonds. The molecule has 0 N–H and O–H groups in total. The second-order valence-corrected chi connectivity index (χ2v) is 8.30. The smallest absolute Gasteiger partial charge is 0.0331 e. The van der Waals surface area contributed by atoms with Crippen molar-refractivity contribution in [2.45, 2.75) is 84.0 Å². The maximum absolute atomic E-state index is 2.40. The maximum atomic E-state index is 2.40. The molecule has 0 radical (unpaired) electrons. The summed E-state index contributed by atoms with van der Waals surface area (Å²) in [5, 5.41) is 0. The van der Waals surface area contributed by atoms with Gasteiger partial charge in [0.2, 0.25) is 0 Å². The zero-order valence-electron chi connectivity index (χ0n) is 12.6. The van der Waals surface area contributed by atoms with E-state index >= 15 is 0 Å². The van der Waals surface area contributed by atoms with E-state index in [0.29, 0.717) is 7.92 Å². The van der Waals surface area contributed by atoms with Crippen LogP contribution in [0.1, 0.15) is 84.0 Å². The highest BCUT2D eigenvalue weighted by Gasteiger charge is 1.95. The van der Waals surface area contributed by atoms with Crippen LogP contribution in [-0.2, 0) is 0 Å². The summed E-state index contributed by atoms with van der Waals surface area (Å²) in [6.07, 6.45) is 19.1. The van der Waals surface area contributed by atoms with Crippen molar-refractivity contribution < 1.29 is 0 Å². The van der Waals surface area contributed by atoms with Crippen LogP contribution < -0.4 is 0 Å². The summed E-state index contributed by atoms with van der Waals surface area (Å²) in [4.78, 5) is 0. The van der Waals surface area contributed by atoms with E-state index in [1.54, 1.807) is 0 Å². The average Bonchev–Trinajstić information content (AvgIpc) is 2.30. The molecule has 0 aromatic rings. The van der Waals surface area contributed by atoms with Gasteiger partial charge in [-0.3, -0.25) is 0 Å². The number of hydrogen-bond acceptors (Lipinski definition) is 0. The van der Waals surface area contributed by atoms with Crippen molar-refractivity contribution in [1.82, 2.24) is 0 Å². The molecular weight excluding hydrogens is 223 g/mol. The van der Waals surface area contributed by atoms with Crippen molar-refractivity contribution in [3.05, 3.63) is 0 Å². The second kappa shape index (κ2) is 14.5. The fraction of sp³-hybridized carbons (Fsp3) is 1.00. The van der Waals surface area contributed by atoms with Crippen molar-refractivity contribution in [2.24, 2.45) is 0 Å². The Hall–Kier alpha value is 0.430. The Balaban J connectivity index is 2.89. The minimum atomic E-state index is 0.362. The molecule has 0 nitrogen and oxygen atoms in total. The van der Waals surface area contributed by atoms with Gasteiger partial charge in [-0.1, -0.05) is 77.6 Å². The van der Waals surface area contributed by atoms with Gasteiger partial charge in [0.1, 0.15) is 0 Å². The van der Waals surface area contributed by atoms with Crippen LogP contribution in [-0.4, -0.2) is 19.5 Å². The summed E-state index contributed by atoms with van der Waals surface area (Å²) in [7, 11) is 0.362. The summed E-state index contributed by atoms with van der Waals surface area (Å²) in [6.45, 7) is 7.09. The third kappa shape index (κ3) is 16.4. The minimum absolute atomic E-state index is 0.362. The molecule has 0 aromatic heterocycles. The van der Waals surface area contributed by atoms with E-state index in [0.717, 1.165) is 0 Å². The third-order valence-electron chi connectivity index (χ3n) is 3.46. The first kappa shape index (κ1) is 17.4. The highest BCUT2D eigenvalue weighted by molar-refractivity contribution is 7.55. The summed E-state index contributed by atoms with van der Waals surface area (Å²) in [5.41, 5.74) is 0. The van der Waals surface area contributed by atoms with Gasteiger partial charge in [-0.25, -0.2) is 0 Å². The molecule has 0 heterocycles. The van der Waals surface area contributed by atoms with Gasteiger partial charge in [0, 0.05) is 0 Å². The largest absolute Gasteiger partial charge is 0.113 e. The standard InChI is InChI=1S/C16H35P/c1-4-5-6-7-8-9-10-11-12-13-14-15-16-17(2)3/h4-16H2,1-3H3. The number of unbranched alkanes of at least 4 members (excludes halogenated alkanes) is 11. The van der Waals surface area contributed by atoms with E-state index in [9.17, 15) is 0 Å². The van der Waals surface area contributed by atoms with Crippen LogP contribution in [0.2, 0.25) is 0 Å². The van der Waals surface area contributed by atoms with E-state index in [-0.39, 0.29) is 0 Å². The predicted octanol–water partition coefficient (Wildman–Crippen LogP) is 6.43. The Morgan fingerprint density at radius 3 is 1.24 bits per heavy atom. The molecule has 0 unspecified atom stereocenters. The molecule has 0 saturated carbocycles. The molecule has 0 aliphatic rings. The molecular formula is C16H35P. The van der Waals surface area contributed by atoms with Gasteiger partial charge in [0.25, 0.3) is 0 Å². The lowest BCUT2D eigenvalue weighted by molar-refractivity contribution is 0.548. The van der Waals surface area contributed by atoms with Crippen molar-refractivity contribution in [1.29, 1.82) is 0 Å². The van der Waals surface area contributed by atoms with Crippen molar-refractivity contribution >= 4 is 7.92 Å². The lowest BCUT2D eigenvalue weighted by atomic mass is 10.1. The topological polar surface area (TPSA) is 0 Å². The van der Waals surface area contributed by atoms with E-state index in [1.807, 2.05) is 0 Å². The molecule has 0 aromatic carbocycles. The number of hydrogen-bond donors (Lipinski definition) is 0. The Bertz CT molecular complexity index is 131. The lowest BCUT2D eigenvalue weighted by Gasteiger charge is -2.05. The first-order valence-corrected chi connectivity index (χ1v) is 10.3. The summed E-state index contributed by atoms with van der Waals surface area (Å²) < 4.78 is 0. The molecule has 0 spiro atoms. The first-order valence-electron chi connectivity index (χ1n) is 7.92. The monoisotopic (exact) mass is 258 g/mol. The van der Waals surface area contributed by atoms with Crippen LogP contribution >= 0.6 is 7.92 Å². The highest BCUT2D eigenvalue weighted by atomic mass is 31.1. The quantitative estimate of drug-likeness (QED) is 0.264. The van der Waals surface area contributed by atoms with Gasteiger partial charge in [-0.2, -0.15) is 0 Å². The summed E-state index contributed by atoms with van der Waals surface area (Å²) >= 11 is 0. The molecule has 0 bridgehead atoms. The van der Waals surface area contributed by atoms with Crippen molar-refractivity contribution in [3.8, 4) is 0 Å². The minimum Gasteiger partial charge on any atom is -0.113 e. The SMILES string of the molecule is CCCCCCCCCCCCCCP(C)C. The van der Waals surface area contributed by atoms with E-state index < -0.39 is 0 Å². The zero-order valence-corrected chi connectivity index (χ0v) is 13.5. The van der Waals surface area contributed by atoms with Crippen LogP contribution in [0.5, 0.6) is 0 Å². The molecule has 17 heavy (non-hydrogen) atoms. The maximum Gasteiger partial charge on any atom is -0.0331 e. The van der Waals surface area contributed by atoms with Gasteiger partial charge in [-0.05, 0) is 25.9 Å². The predicted molar refractivity (Wildman–Crippen MR) is 84.7 cm³/mol. The van der Waals surface area contributed by atoms with Gasteiger partial charge in [-0.15, -0.1) is 7.92 Å². The van der Waals surface area contributed by atoms with Crippen LogP contribution in [0.4, 0.5) is 0 Å². The molecule has 1 heteroatoms. The number of rotatable bonds is 13. The molecule has 0 fully saturated rings. The Morgan fingerprint density at radius 1 is 0.529 bits per heavy atom. The fourth-order valence-electron chi connectivity index (χ4n) is 2.27. The second-order valence-electron chi connectivity index (χ2n) is 5.69. The summed E-state index contributed by atoms with van der Waals surface area (Å²) in [6, 6.07) is 0. The molecule has 104 valence electrons. The van der Waals surface area contributed by atoms with E-state index in [2.05, 4.69) is 20.3 Å². The molecule has 0 aliphatic carbocycles. The fourth-order valence-corrected chi connectivity index (χ4v) is 3.13. The van der Waals surface area contributed by atoms with Crippen molar-refractivity contribution in [3.63, 3.8) is 0 Å². The van der Waals surface area contributed by atoms with E-state index in [1.165, 1.54) is 83.2 Å². The third-order valence-corrected chi connectivity index (χ3v) is 4.67. The highest BCUT2D eigenvalue weighted by Crippen LogP contribution is 2.26. The van der Waals surface area contributed by atoms with Gasteiger partial charge >= 0.3 is 0 Å². The Kier molecular flexibility index (Phi) is 14.9. The van der Waals surface area contributed by atoms with Gasteiger partial charge < -0.3 is 0 Å². The molecule has 0 rings (SSSR count). The summed E-state index contributed by atoms with van der Waals surface area (Å²) in [5.74, 6) is 0. The van der Waals surface area contributed by atoms with Crippen molar-refractivity contribution in [2.75, 3.05) is 19.5 Å². The van der Waals surface area contributed by atoms with Crippen LogP contribution in [0.25, 0.3) is 0 Å². The van der Waals surface area contributed by atoms with Gasteiger partial charge in [0.15, 0.2) is 0 Å². The zero-order chi connectivity index (χ0) is 12.8. The van der Waals surface area contributed by atoms with E-state index in [4.69, 9.17) is 0 Å². The molecule has 0 aliphatic heterocycles. The first-order chi connectivity index (χ1) is 8.27. The lowest BCUT2D eigenvalue weighted by Crippen LogP contribution is -1.85. The Labute approximate surface area is 112 Å².